The molecule has 0 bridgehead atoms. The maximum atomic E-state index is 6.00. The third kappa shape index (κ3) is 2.52. The van der Waals surface area contributed by atoms with Gasteiger partial charge in [-0.25, -0.2) is 9.97 Å². The normalized spacial score (nSPS) is 10.8. The van der Waals surface area contributed by atoms with Crippen molar-refractivity contribution >= 4 is 17.3 Å². The van der Waals surface area contributed by atoms with E-state index in [2.05, 4.69) is 47.8 Å². The summed E-state index contributed by atoms with van der Waals surface area (Å²) in [6, 6.07) is 8.23. The fourth-order valence-corrected chi connectivity index (χ4v) is 2.27. The number of para-hydroxylation sites is 1. The van der Waals surface area contributed by atoms with Crippen LogP contribution in [0.3, 0.4) is 0 Å². The largest absolute Gasteiger partial charge is 0.383 e. The van der Waals surface area contributed by atoms with Gasteiger partial charge in [0, 0.05) is 18.3 Å². The van der Waals surface area contributed by atoms with Crippen LogP contribution in [0.4, 0.5) is 17.3 Å². The molecule has 0 aliphatic carbocycles. The average molecular weight is 256 g/mol. The van der Waals surface area contributed by atoms with Crippen molar-refractivity contribution in [1.82, 2.24) is 9.97 Å². The molecule has 0 amide bonds. The van der Waals surface area contributed by atoms with Crippen LogP contribution in [0.1, 0.15) is 30.9 Å². The quantitative estimate of drug-likeness (QED) is 0.915. The lowest BCUT2D eigenvalue weighted by Crippen LogP contribution is -2.17. The Morgan fingerprint density at radius 2 is 1.84 bits per heavy atom. The molecule has 0 fully saturated rings. The molecule has 19 heavy (non-hydrogen) atoms. The van der Waals surface area contributed by atoms with Crippen LogP contribution in [0, 0.1) is 6.92 Å². The van der Waals surface area contributed by atoms with Crippen molar-refractivity contribution in [3.63, 3.8) is 0 Å². The fraction of sp³-hybridized carbons (Fsp3) is 0.333. The number of nitrogens with zero attached hydrogens (tertiary/aromatic N) is 3. The highest BCUT2D eigenvalue weighted by molar-refractivity contribution is 5.68. The molecular formula is C15H20N4. The van der Waals surface area contributed by atoms with Crippen LogP contribution in [0.15, 0.2) is 30.6 Å². The molecular weight excluding hydrogens is 236 g/mol. The molecule has 0 aliphatic rings. The van der Waals surface area contributed by atoms with Crippen molar-refractivity contribution in [2.45, 2.75) is 26.7 Å². The first-order chi connectivity index (χ1) is 9.02. The molecule has 0 saturated carbocycles. The van der Waals surface area contributed by atoms with Gasteiger partial charge in [-0.15, -0.1) is 0 Å². The van der Waals surface area contributed by atoms with Crippen LogP contribution in [-0.2, 0) is 0 Å². The molecule has 4 nitrogen and oxygen atoms in total. The maximum absolute atomic E-state index is 6.00. The SMILES string of the molecule is Cc1ccccc1N(C)c1ncnc(N)c1C(C)C. The molecule has 1 heterocycles. The molecule has 0 unspecified atom stereocenters. The van der Waals surface area contributed by atoms with Gasteiger partial charge in [-0.3, -0.25) is 0 Å². The van der Waals surface area contributed by atoms with Gasteiger partial charge in [0.05, 0.1) is 0 Å². The minimum atomic E-state index is 0.280. The number of anilines is 3. The van der Waals surface area contributed by atoms with Crippen LogP contribution in [-0.4, -0.2) is 17.0 Å². The minimum absolute atomic E-state index is 0.280. The molecule has 0 aliphatic heterocycles. The Morgan fingerprint density at radius 1 is 1.16 bits per heavy atom. The van der Waals surface area contributed by atoms with Gasteiger partial charge in [0.2, 0.25) is 0 Å². The number of rotatable bonds is 3. The number of aromatic nitrogens is 2. The first-order valence-corrected chi connectivity index (χ1v) is 6.42. The summed E-state index contributed by atoms with van der Waals surface area (Å²) >= 11 is 0. The molecule has 2 rings (SSSR count). The highest BCUT2D eigenvalue weighted by atomic mass is 15.2. The summed E-state index contributed by atoms with van der Waals surface area (Å²) in [6.07, 6.45) is 1.52. The number of hydrogen-bond acceptors (Lipinski definition) is 4. The van der Waals surface area contributed by atoms with E-state index >= 15 is 0 Å². The van der Waals surface area contributed by atoms with E-state index in [1.54, 1.807) is 0 Å². The molecule has 0 radical (unpaired) electrons. The Morgan fingerprint density at radius 3 is 2.47 bits per heavy atom. The first kappa shape index (κ1) is 13.3. The Balaban J connectivity index is 2.54. The summed E-state index contributed by atoms with van der Waals surface area (Å²) in [5.74, 6) is 1.71. The standard InChI is InChI=1S/C15H20N4/c1-10(2)13-14(16)17-9-18-15(13)19(4)12-8-6-5-7-11(12)3/h5-10H,1-4H3,(H2,16,17,18). The maximum Gasteiger partial charge on any atom is 0.141 e. The number of hydrogen-bond donors (Lipinski definition) is 1. The van der Waals surface area contributed by atoms with E-state index in [-0.39, 0.29) is 5.92 Å². The summed E-state index contributed by atoms with van der Waals surface area (Å²) < 4.78 is 0. The number of nitrogen functional groups attached to an aromatic ring is 1. The molecule has 1 aromatic carbocycles. The topological polar surface area (TPSA) is 55.0 Å². The van der Waals surface area contributed by atoms with Crippen LogP contribution < -0.4 is 10.6 Å². The van der Waals surface area contributed by atoms with Gasteiger partial charge < -0.3 is 10.6 Å². The molecule has 2 N–H and O–H groups in total. The Bertz CT molecular complexity index is 578. The lowest BCUT2D eigenvalue weighted by molar-refractivity contribution is 0.844. The number of benzene rings is 1. The zero-order valence-corrected chi connectivity index (χ0v) is 11.9. The summed E-state index contributed by atoms with van der Waals surface area (Å²) in [5, 5.41) is 0. The third-order valence-electron chi connectivity index (χ3n) is 3.27. The first-order valence-electron chi connectivity index (χ1n) is 6.42. The predicted molar refractivity (Wildman–Crippen MR) is 79.8 cm³/mol. The van der Waals surface area contributed by atoms with Gasteiger partial charge in [-0.2, -0.15) is 0 Å². The lowest BCUT2D eigenvalue weighted by atomic mass is 10.0. The smallest absolute Gasteiger partial charge is 0.141 e. The molecule has 2 aromatic rings. The average Bonchev–Trinajstić information content (AvgIpc) is 2.37. The van der Waals surface area contributed by atoms with Gasteiger partial charge in [0.15, 0.2) is 0 Å². The predicted octanol–water partition coefficient (Wildman–Crippen LogP) is 3.26. The van der Waals surface area contributed by atoms with Crippen LogP contribution in [0.5, 0.6) is 0 Å². The monoisotopic (exact) mass is 256 g/mol. The lowest BCUT2D eigenvalue weighted by Gasteiger charge is -2.24. The van der Waals surface area contributed by atoms with Crippen molar-refractivity contribution < 1.29 is 0 Å². The summed E-state index contributed by atoms with van der Waals surface area (Å²) in [6.45, 7) is 6.29. The zero-order chi connectivity index (χ0) is 14.0. The Kier molecular flexibility index (Phi) is 3.69. The molecule has 1 aromatic heterocycles. The van der Waals surface area contributed by atoms with E-state index < -0.39 is 0 Å². The Labute approximate surface area is 114 Å². The van der Waals surface area contributed by atoms with Gasteiger partial charge >= 0.3 is 0 Å². The second kappa shape index (κ2) is 5.26. The van der Waals surface area contributed by atoms with Crippen LogP contribution in [0.25, 0.3) is 0 Å². The molecule has 0 saturated heterocycles. The van der Waals surface area contributed by atoms with Crippen LogP contribution in [0.2, 0.25) is 0 Å². The van der Waals surface area contributed by atoms with E-state index in [1.807, 2.05) is 19.2 Å². The van der Waals surface area contributed by atoms with E-state index in [9.17, 15) is 0 Å². The number of nitrogens with two attached hydrogens (primary N) is 1. The van der Waals surface area contributed by atoms with E-state index in [0.29, 0.717) is 5.82 Å². The van der Waals surface area contributed by atoms with Gasteiger partial charge in [-0.05, 0) is 24.5 Å². The zero-order valence-electron chi connectivity index (χ0n) is 11.9. The fourth-order valence-electron chi connectivity index (χ4n) is 2.27. The Hall–Kier alpha value is -2.10. The second-order valence-corrected chi connectivity index (χ2v) is 5.00. The van der Waals surface area contributed by atoms with Gasteiger partial charge in [0.1, 0.15) is 18.0 Å². The van der Waals surface area contributed by atoms with Crippen molar-refractivity contribution in [3.8, 4) is 0 Å². The van der Waals surface area contributed by atoms with Crippen LogP contribution >= 0.6 is 0 Å². The van der Waals surface area contributed by atoms with E-state index in [4.69, 9.17) is 5.73 Å². The van der Waals surface area contributed by atoms with E-state index in [1.165, 1.54) is 11.9 Å². The molecule has 4 heteroatoms. The molecule has 0 atom stereocenters. The van der Waals surface area contributed by atoms with Crippen molar-refractivity contribution in [3.05, 3.63) is 41.7 Å². The third-order valence-corrected chi connectivity index (χ3v) is 3.27. The molecule has 100 valence electrons. The van der Waals surface area contributed by atoms with Crippen molar-refractivity contribution in [2.75, 3.05) is 17.7 Å². The van der Waals surface area contributed by atoms with Gasteiger partial charge in [-0.1, -0.05) is 32.0 Å². The number of aryl methyl sites for hydroxylation is 1. The van der Waals surface area contributed by atoms with E-state index in [0.717, 1.165) is 17.1 Å². The highest BCUT2D eigenvalue weighted by Crippen LogP contribution is 2.33. The summed E-state index contributed by atoms with van der Waals surface area (Å²) in [4.78, 5) is 10.6. The molecule has 0 spiro atoms. The summed E-state index contributed by atoms with van der Waals surface area (Å²) in [7, 11) is 2.01. The second-order valence-electron chi connectivity index (χ2n) is 5.00. The highest BCUT2D eigenvalue weighted by Gasteiger charge is 2.17. The summed E-state index contributed by atoms with van der Waals surface area (Å²) in [5.41, 5.74) is 9.32. The minimum Gasteiger partial charge on any atom is -0.383 e. The van der Waals surface area contributed by atoms with Crippen molar-refractivity contribution in [1.29, 1.82) is 0 Å². The van der Waals surface area contributed by atoms with Gasteiger partial charge in [0.25, 0.3) is 0 Å². The van der Waals surface area contributed by atoms with Crippen molar-refractivity contribution in [2.24, 2.45) is 0 Å².